The van der Waals surface area contributed by atoms with Crippen LogP contribution in [0, 0.1) is 0 Å². The van der Waals surface area contributed by atoms with E-state index in [0.717, 1.165) is 0 Å². The zero-order valence-electron chi connectivity index (χ0n) is 15.5. The summed E-state index contributed by atoms with van der Waals surface area (Å²) in [4.78, 5) is -0.198. The summed E-state index contributed by atoms with van der Waals surface area (Å²) < 4.78 is 31.0. The lowest BCUT2D eigenvalue weighted by molar-refractivity contribution is 0.481. The Labute approximate surface area is 170 Å². The molecule has 0 unspecified atom stereocenters. The Balaban J connectivity index is 0.000000166. The van der Waals surface area contributed by atoms with E-state index < -0.39 is 10.1 Å². The van der Waals surface area contributed by atoms with Gasteiger partial charge in [-0.1, -0.05) is 97.1 Å². The van der Waals surface area contributed by atoms with Crippen molar-refractivity contribution in [1.82, 2.24) is 0 Å². The van der Waals surface area contributed by atoms with Crippen LogP contribution < -0.4 is 0 Å². The van der Waals surface area contributed by atoms with E-state index in [1.165, 1.54) is 41.5 Å². The van der Waals surface area contributed by atoms with Crippen molar-refractivity contribution in [3.8, 4) is 5.75 Å². The molecule has 0 saturated heterocycles. The van der Waals surface area contributed by atoms with E-state index in [9.17, 15) is 13.5 Å². The Morgan fingerprint density at radius 1 is 0.586 bits per heavy atom. The zero-order valence-corrected chi connectivity index (χ0v) is 16.3. The molecule has 0 aliphatic heterocycles. The first-order chi connectivity index (χ1) is 13.9. The second-order valence-corrected chi connectivity index (χ2v) is 7.65. The van der Waals surface area contributed by atoms with Gasteiger partial charge in [-0.05, 0) is 23.3 Å². The fourth-order valence-corrected chi connectivity index (χ4v) is 3.52. The summed E-state index contributed by atoms with van der Waals surface area (Å²) in [7, 11) is -4.26. The van der Waals surface area contributed by atoms with Gasteiger partial charge in [-0.2, -0.15) is 8.42 Å². The first-order valence-corrected chi connectivity index (χ1v) is 10.4. The maximum Gasteiger partial charge on any atom is 0.295 e. The van der Waals surface area contributed by atoms with Crippen molar-refractivity contribution in [2.45, 2.75) is 4.90 Å². The molecule has 2 N–H and O–H groups in total. The highest BCUT2D eigenvalue weighted by Gasteiger charge is 2.14. The average molecular weight is 404 g/mol. The molecule has 4 rings (SSSR count). The quantitative estimate of drug-likeness (QED) is 0.342. The minimum absolute atomic E-state index is 0.0157. The van der Waals surface area contributed by atoms with Crippen molar-refractivity contribution >= 4 is 33.0 Å². The van der Waals surface area contributed by atoms with Gasteiger partial charge in [-0.25, -0.2) is 0 Å². The average Bonchev–Trinajstić information content (AvgIpc) is 2.74. The lowest BCUT2D eigenvalue weighted by Gasteiger charge is -2.04. The van der Waals surface area contributed by atoms with E-state index in [0.29, 0.717) is 10.8 Å². The minimum Gasteiger partial charge on any atom is -0.507 e. The van der Waals surface area contributed by atoms with Crippen LogP contribution in [0.4, 0.5) is 0 Å². The normalized spacial score (nSPS) is 11.2. The molecule has 0 amide bonds. The van der Waals surface area contributed by atoms with Crippen molar-refractivity contribution in [2.24, 2.45) is 0 Å². The Hall–Kier alpha value is -3.41. The van der Waals surface area contributed by atoms with Crippen molar-refractivity contribution in [2.75, 3.05) is 0 Å². The molecular weight excluding hydrogens is 384 g/mol. The van der Waals surface area contributed by atoms with Crippen molar-refractivity contribution in [3.63, 3.8) is 0 Å². The number of rotatable bonds is 3. The fourth-order valence-electron chi connectivity index (χ4n) is 2.81. The van der Waals surface area contributed by atoms with Gasteiger partial charge < -0.3 is 5.11 Å². The van der Waals surface area contributed by atoms with Crippen LogP contribution >= 0.6 is 0 Å². The van der Waals surface area contributed by atoms with Crippen LogP contribution in [0.15, 0.2) is 102 Å². The van der Waals surface area contributed by atoms with Crippen molar-refractivity contribution < 1.29 is 18.1 Å². The fraction of sp³-hybridized carbons (Fsp3) is 0. The largest absolute Gasteiger partial charge is 0.507 e. The number of benzene rings is 4. The van der Waals surface area contributed by atoms with Gasteiger partial charge >= 0.3 is 0 Å². The smallest absolute Gasteiger partial charge is 0.295 e. The maximum absolute atomic E-state index is 11.0. The first kappa shape index (κ1) is 20.3. The third-order valence-electron chi connectivity index (χ3n) is 4.20. The van der Waals surface area contributed by atoms with Gasteiger partial charge in [0.15, 0.2) is 0 Å². The molecule has 4 aromatic rings. The topological polar surface area (TPSA) is 74.6 Å². The molecule has 0 radical (unpaired) electrons. The predicted molar refractivity (Wildman–Crippen MR) is 117 cm³/mol. The molecule has 0 heterocycles. The van der Waals surface area contributed by atoms with Gasteiger partial charge in [0.25, 0.3) is 10.1 Å². The molecular formula is C24H20O4S. The van der Waals surface area contributed by atoms with Crippen LogP contribution in [0.3, 0.4) is 0 Å². The molecule has 0 saturated carbocycles. The molecule has 0 aromatic heterocycles. The minimum atomic E-state index is -4.26. The Bertz CT molecular complexity index is 1170. The van der Waals surface area contributed by atoms with Gasteiger partial charge in [-0.3, -0.25) is 4.55 Å². The van der Waals surface area contributed by atoms with Crippen LogP contribution in [0.2, 0.25) is 0 Å². The molecule has 4 nitrogen and oxygen atoms in total. The van der Waals surface area contributed by atoms with E-state index in [4.69, 9.17) is 4.55 Å². The lowest BCUT2D eigenvalue weighted by Crippen LogP contribution is -1.98. The molecule has 0 aliphatic carbocycles. The highest BCUT2D eigenvalue weighted by Crippen LogP contribution is 2.28. The standard InChI is InChI=1S/C14H12.C10H8O4S/c1-3-7-13(8-4-1)11-12-14-9-5-2-6-10-14;11-9-5-1-4-8-7(9)3-2-6-10(8)15(12,13)14/h1-12H;1-6,11H,(H,12,13,14). The van der Waals surface area contributed by atoms with Gasteiger partial charge in [0.1, 0.15) is 10.6 Å². The van der Waals surface area contributed by atoms with Crippen LogP contribution in [0.1, 0.15) is 11.1 Å². The molecule has 146 valence electrons. The van der Waals surface area contributed by atoms with Crippen molar-refractivity contribution in [3.05, 3.63) is 108 Å². The molecule has 0 spiro atoms. The highest BCUT2D eigenvalue weighted by atomic mass is 32.2. The van der Waals surface area contributed by atoms with E-state index in [-0.39, 0.29) is 10.6 Å². The van der Waals surface area contributed by atoms with Gasteiger partial charge in [-0.15, -0.1) is 0 Å². The molecule has 0 aliphatic rings. The Kier molecular flexibility index (Phi) is 6.44. The number of fused-ring (bicyclic) bond motifs is 1. The number of phenolic OH excluding ortho intramolecular Hbond substituents is 1. The second kappa shape index (κ2) is 9.19. The predicted octanol–water partition coefficient (Wildman–Crippen LogP) is 5.65. The van der Waals surface area contributed by atoms with Crippen LogP contribution in [-0.4, -0.2) is 18.1 Å². The highest BCUT2D eigenvalue weighted by molar-refractivity contribution is 7.86. The summed E-state index contributed by atoms with van der Waals surface area (Å²) in [6, 6.07) is 29.5. The summed E-state index contributed by atoms with van der Waals surface area (Å²) >= 11 is 0. The van der Waals surface area contributed by atoms with Gasteiger partial charge in [0.2, 0.25) is 0 Å². The van der Waals surface area contributed by atoms with Gasteiger partial charge in [0.05, 0.1) is 0 Å². The van der Waals surface area contributed by atoms with Crippen molar-refractivity contribution in [1.29, 1.82) is 0 Å². The number of aromatic hydroxyl groups is 1. The third kappa shape index (κ3) is 5.54. The summed E-state index contributed by atoms with van der Waals surface area (Å²) in [6.07, 6.45) is 4.24. The monoisotopic (exact) mass is 404 g/mol. The summed E-state index contributed by atoms with van der Waals surface area (Å²) in [6.45, 7) is 0. The molecule has 5 heteroatoms. The van der Waals surface area contributed by atoms with E-state index >= 15 is 0 Å². The summed E-state index contributed by atoms with van der Waals surface area (Å²) in [5.41, 5.74) is 2.47. The van der Waals surface area contributed by atoms with Crippen LogP contribution in [0.25, 0.3) is 22.9 Å². The van der Waals surface area contributed by atoms with Crippen LogP contribution in [0.5, 0.6) is 5.75 Å². The molecule has 29 heavy (non-hydrogen) atoms. The number of phenols is 1. The summed E-state index contributed by atoms with van der Waals surface area (Å²) in [5.74, 6) is -0.0157. The molecule has 0 bridgehead atoms. The maximum atomic E-state index is 11.0. The lowest BCUT2D eigenvalue weighted by atomic mass is 10.1. The molecule has 0 atom stereocenters. The number of hydrogen-bond acceptors (Lipinski definition) is 3. The zero-order chi connectivity index (χ0) is 20.7. The molecule has 0 fully saturated rings. The SMILES string of the molecule is C(=Cc1ccccc1)c1ccccc1.O=S(=O)(O)c1cccc2c(O)cccc12. The second-order valence-electron chi connectivity index (χ2n) is 6.26. The number of hydrogen-bond donors (Lipinski definition) is 2. The van der Waals surface area contributed by atoms with Gasteiger partial charge in [0, 0.05) is 10.8 Å². The van der Waals surface area contributed by atoms with E-state index in [1.54, 1.807) is 6.07 Å². The first-order valence-electron chi connectivity index (χ1n) is 8.91. The van der Waals surface area contributed by atoms with Crippen LogP contribution in [-0.2, 0) is 10.1 Å². The third-order valence-corrected chi connectivity index (χ3v) is 5.12. The Morgan fingerprint density at radius 2 is 1.07 bits per heavy atom. The van der Waals surface area contributed by atoms with E-state index in [2.05, 4.69) is 36.4 Å². The van der Waals surface area contributed by atoms with E-state index in [1.807, 2.05) is 36.4 Å². The molecule has 4 aromatic carbocycles. The Morgan fingerprint density at radius 3 is 1.59 bits per heavy atom. The summed E-state index contributed by atoms with van der Waals surface area (Å²) in [5, 5.41) is 10.2.